The first-order chi connectivity index (χ1) is 21.5. The second-order valence-corrected chi connectivity index (χ2v) is 15.4. The summed E-state index contributed by atoms with van der Waals surface area (Å²) in [7, 11) is -4.15. The number of nitrogens with two attached hydrogens (primary N) is 1. The molecule has 45 heavy (non-hydrogen) atoms. The van der Waals surface area contributed by atoms with Gasteiger partial charge in [-0.2, -0.15) is 4.98 Å². The van der Waals surface area contributed by atoms with E-state index < -0.39 is 82.0 Å². The van der Waals surface area contributed by atoms with Crippen LogP contribution in [0.4, 0.5) is 5.95 Å². The number of aliphatic hydroxyl groups is 2. The highest BCUT2D eigenvalue weighted by atomic mass is 32.5. The molecule has 7 rings (SSSR count). The van der Waals surface area contributed by atoms with Crippen molar-refractivity contribution in [2.45, 2.75) is 55.9 Å². The number of hydrogen-bond acceptors (Lipinski definition) is 15. The van der Waals surface area contributed by atoms with E-state index in [2.05, 4.69) is 19.9 Å². The number of fused-ring (bicyclic) bond motifs is 5. The zero-order valence-corrected chi connectivity index (χ0v) is 25.9. The Hall–Kier alpha value is -2.58. The minimum atomic E-state index is -4.15. The number of H-pyrrole nitrogens is 1. The molecule has 18 nitrogen and oxygen atoms in total. The smallest absolute Gasteiger partial charge is 0.325 e. The van der Waals surface area contributed by atoms with Gasteiger partial charge in [0.15, 0.2) is 23.6 Å². The van der Waals surface area contributed by atoms with E-state index in [4.69, 9.17) is 45.1 Å². The highest BCUT2D eigenvalue weighted by molar-refractivity contribution is 8.07. The van der Waals surface area contributed by atoms with Gasteiger partial charge in [-0.25, -0.2) is 9.97 Å². The molecular formula is C23H27BN7O11P2S. The quantitative estimate of drug-likeness (QED) is 0.143. The molecule has 0 amide bonds. The van der Waals surface area contributed by atoms with Crippen molar-refractivity contribution in [2.24, 2.45) is 0 Å². The summed E-state index contributed by atoms with van der Waals surface area (Å²) in [6.07, 6.45) is -7.52. The van der Waals surface area contributed by atoms with Crippen molar-refractivity contribution in [3.63, 3.8) is 0 Å². The SMILES string of the molecule is C[B]P1(=O)OCC2OC(n3cnc4ccccc43)C(O)C2OP(O)(=S)OCC2OC(n3cnc4c(=O)[nH]c(N)nc43)C(O1)C2O. The van der Waals surface area contributed by atoms with E-state index in [0.29, 0.717) is 11.0 Å². The average molecular weight is 682 g/mol. The van der Waals surface area contributed by atoms with Crippen molar-refractivity contribution in [1.82, 2.24) is 29.1 Å². The summed E-state index contributed by atoms with van der Waals surface area (Å²) >= 11 is 5.26. The van der Waals surface area contributed by atoms with Gasteiger partial charge in [0.05, 0.1) is 36.9 Å². The molecule has 6 N–H and O–H groups in total. The molecule has 6 heterocycles. The van der Waals surface area contributed by atoms with E-state index in [-0.39, 0.29) is 17.1 Å². The fourth-order valence-corrected chi connectivity index (χ4v) is 8.28. The number of rotatable bonds is 3. The van der Waals surface area contributed by atoms with Gasteiger partial charge in [-0.05, 0) is 23.9 Å². The van der Waals surface area contributed by atoms with Crippen LogP contribution < -0.4 is 11.3 Å². The van der Waals surface area contributed by atoms with E-state index in [9.17, 15) is 24.5 Å². The highest BCUT2D eigenvalue weighted by Crippen LogP contribution is 2.55. The van der Waals surface area contributed by atoms with Crippen molar-refractivity contribution in [3.8, 4) is 0 Å². The zero-order valence-electron chi connectivity index (χ0n) is 23.3. The Bertz CT molecular complexity index is 1910. The van der Waals surface area contributed by atoms with Gasteiger partial charge < -0.3 is 48.5 Å². The summed E-state index contributed by atoms with van der Waals surface area (Å²) in [6.45, 7) is -2.46. The third kappa shape index (κ3) is 5.58. The van der Waals surface area contributed by atoms with Gasteiger partial charge >= 0.3 is 6.72 Å². The largest absolute Gasteiger partial charge is 0.387 e. The number of para-hydroxylation sites is 2. The van der Waals surface area contributed by atoms with Gasteiger partial charge in [-0.3, -0.25) is 23.4 Å². The lowest BCUT2D eigenvalue weighted by molar-refractivity contribution is -0.0589. The molecule has 3 fully saturated rings. The minimum Gasteiger partial charge on any atom is -0.387 e. The van der Waals surface area contributed by atoms with Crippen LogP contribution in [0, 0.1) is 0 Å². The Morgan fingerprint density at radius 3 is 2.56 bits per heavy atom. The van der Waals surface area contributed by atoms with E-state index in [1.807, 2.05) is 6.07 Å². The molecule has 3 saturated heterocycles. The molecule has 2 bridgehead atoms. The predicted octanol–water partition coefficient (Wildman–Crippen LogP) is 0.163. The van der Waals surface area contributed by atoms with Gasteiger partial charge in [0.2, 0.25) is 5.95 Å². The Morgan fingerprint density at radius 2 is 1.76 bits per heavy atom. The third-order valence-corrected chi connectivity index (χ3v) is 11.0. The molecule has 1 aromatic carbocycles. The van der Waals surface area contributed by atoms with Gasteiger partial charge in [-0.1, -0.05) is 19.0 Å². The van der Waals surface area contributed by atoms with Crippen LogP contribution in [0.1, 0.15) is 12.5 Å². The number of benzene rings is 1. The Kier molecular flexibility index (Phi) is 8.00. The van der Waals surface area contributed by atoms with Crippen LogP contribution in [0.25, 0.3) is 22.2 Å². The second-order valence-electron chi connectivity index (χ2n) is 10.5. The van der Waals surface area contributed by atoms with E-state index in [0.717, 1.165) is 0 Å². The molecule has 1 radical (unpaired) electrons. The first kappa shape index (κ1) is 31.0. The predicted molar refractivity (Wildman–Crippen MR) is 160 cm³/mol. The number of nitrogen functional groups attached to an aromatic ring is 1. The second kappa shape index (κ2) is 11.6. The number of ether oxygens (including phenoxy) is 2. The first-order valence-corrected chi connectivity index (χ1v) is 17.9. The van der Waals surface area contributed by atoms with Crippen LogP contribution in [0.5, 0.6) is 0 Å². The number of aromatic amines is 1. The minimum absolute atomic E-state index is 0.00539. The zero-order chi connectivity index (χ0) is 31.7. The van der Waals surface area contributed by atoms with E-state index in [1.54, 1.807) is 22.8 Å². The molecule has 10 atom stereocenters. The molecule has 3 aliphatic heterocycles. The standard InChI is InChI=1S/C23H27BN7O11P2S/c1-24-43(35)37-7-13-17(16(33)21(40-13)30-8-26-10-4-2-3-5-11(10)30)42-44(36,45)38-6-12-15(32)18(41-43)22(39-12)31-9-27-14-19(31)28-23(25)29-20(14)34/h2-5,8-9,12-13,15-18,21-22,32-33H,6-7H2,1H3,(H,36,45)(H3,25,28,29,34). The number of anilines is 1. The number of aliphatic hydroxyl groups excluding tert-OH is 2. The van der Waals surface area contributed by atoms with Gasteiger partial charge in [-0.15, -0.1) is 0 Å². The van der Waals surface area contributed by atoms with Gasteiger partial charge in [0.25, 0.3) is 20.0 Å². The summed E-state index contributed by atoms with van der Waals surface area (Å²) in [5, 5.41) is 22.6. The van der Waals surface area contributed by atoms with Crippen LogP contribution in [0.15, 0.2) is 41.7 Å². The molecule has 3 aliphatic rings. The van der Waals surface area contributed by atoms with E-state index >= 15 is 0 Å². The summed E-state index contributed by atoms with van der Waals surface area (Å²) in [6, 6.07) is 7.20. The Balaban J connectivity index is 1.22. The Labute approximate surface area is 259 Å². The molecule has 10 unspecified atom stereocenters. The molecule has 0 aliphatic carbocycles. The van der Waals surface area contributed by atoms with Crippen LogP contribution in [-0.2, 0) is 43.9 Å². The lowest BCUT2D eigenvalue weighted by atomic mass is 10.1. The number of hydrogen-bond donors (Lipinski definition) is 5. The maximum absolute atomic E-state index is 14.0. The molecule has 4 aromatic rings. The normalized spacial score (nSPS) is 37.6. The summed E-state index contributed by atoms with van der Waals surface area (Å²) in [5.74, 6) is -0.198. The topological polar surface area (TPSA) is 241 Å². The van der Waals surface area contributed by atoms with Crippen LogP contribution in [0.2, 0.25) is 6.82 Å². The monoisotopic (exact) mass is 682 g/mol. The van der Waals surface area contributed by atoms with Crippen LogP contribution in [0.3, 0.4) is 0 Å². The molecule has 0 saturated carbocycles. The first-order valence-electron chi connectivity index (χ1n) is 13.7. The van der Waals surface area contributed by atoms with Crippen LogP contribution >= 0.6 is 14.2 Å². The molecule has 239 valence electrons. The number of nitrogens with one attached hydrogen (secondary N) is 1. The maximum atomic E-state index is 14.0. The van der Waals surface area contributed by atoms with E-state index in [1.165, 1.54) is 31.0 Å². The fraction of sp³-hybridized carbons (Fsp3) is 0.478. The number of nitrogens with zero attached hydrogens (tertiary/aromatic N) is 5. The average Bonchev–Trinajstić information content (AvgIpc) is 3.76. The third-order valence-electron chi connectivity index (χ3n) is 7.76. The van der Waals surface area contributed by atoms with Crippen LogP contribution in [-0.4, -0.2) is 101 Å². The van der Waals surface area contributed by atoms with Gasteiger partial charge in [0, 0.05) is 0 Å². The fourth-order valence-electron chi connectivity index (χ4n) is 5.58. The highest BCUT2D eigenvalue weighted by Gasteiger charge is 2.53. The Morgan fingerprint density at radius 1 is 1.02 bits per heavy atom. The molecular weight excluding hydrogens is 655 g/mol. The van der Waals surface area contributed by atoms with Crippen molar-refractivity contribution in [1.29, 1.82) is 0 Å². The lowest BCUT2D eigenvalue weighted by Gasteiger charge is -2.28. The summed E-state index contributed by atoms with van der Waals surface area (Å²) in [4.78, 5) is 38.3. The van der Waals surface area contributed by atoms with Crippen molar-refractivity contribution in [3.05, 3.63) is 47.3 Å². The maximum Gasteiger partial charge on any atom is 0.325 e. The summed E-state index contributed by atoms with van der Waals surface area (Å²) < 4.78 is 52.1. The molecule has 22 heteroatoms. The van der Waals surface area contributed by atoms with Crippen molar-refractivity contribution in [2.75, 3.05) is 18.9 Å². The van der Waals surface area contributed by atoms with Crippen molar-refractivity contribution < 1.29 is 47.2 Å². The molecule has 3 aromatic heterocycles. The van der Waals surface area contributed by atoms with Crippen molar-refractivity contribution >= 4 is 61.1 Å². The summed E-state index contributed by atoms with van der Waals surface area (Å²) in [5.41, 5.74) is 6.37. The number of imidazole rings is 2. The van der Waals surface area contributed by atoms with Gasteiger partial charge in [0.1, 0.15) is 36.6 Å². The lowest BCUT2D eigenvalue weighted by Crippen LogP contribution is -2.36. The molecule has 0 spiro atoms. The number of aromatic nitrogens is 6.